The van der Waals surface area contributed by atoms with Gasteiger partial charge in [-0.3, -0.25) is 28.8 Å². The molecular weight excluding hydrogens is 592 g/mol. The number of amides is 6. The van der Waals surface area contributed by atoms with Crippen LogP contribution in [0.5, 0.6) is 5.75 Å². The van der Waals surface area contributed by atoms with E-state index in [-0.39, 0.29) is 44.5 Å². The van der Waals surface area contributed by atoms with Crippen molar-refractivity contribution in [1.29, 1.82) is 0 Å². The van der Waals surface area contributed by atoms with Gasteiger partial charge in [0.2, 0.25) is 29.5 Å². The normalized spacial score (nSPS) is 26.4. The van der Waals surface area contributed by atoms with Crippen LogP contribution >= 0.6 is 0 Å². The number of piperazine rings is 1. The first-order valence-corrected chi connectivity index (χ1v) is 15.6. The fraction of sp³-hybridized carbons (Fsp3) is 0.455. The Hall–Kier alpha value is -4.94. The SMILES string of the molecule is C[C@@H]1CN(C(=O)[C@@H]2Cc3ccc(cc3)OCC(=O)N[C@H](Cc3ccccc3)C(=O)N3CCC[C@@H]3C(=O)N[C@@H](C)C(=O)N2)CC(=O)N1. The quantitative estimate of drug-likeness (QED) is 0.360. The second-order valence-electron chi connectivity index (χ2n) is 12.1. The van der Waals surface area contributed by atoms with Gasteiger partial charge in [-0.05, 0) is 49.9 Å². The number of nitrogens with zero attached hydrogens (tertiary/aromatic N) is 2. The van der Waals surface area contributed by atoms with E-state index in [0.29, 0.717) is 30.7 Å². The number of ether oxygens (including phenoxy) is 1. The van der Waals surface area contributed by atoms with Crippen molar-refractivity contribution in [2.75, 3.05) is 26.2 Å². The fourth-order valence-electron chi connectivity index (χ4n) is 6.09. The summed E-state index contributed by atoms with van der Waals surface area (Å²) in [5, 5.41) is 11.1. The van der Waals surface area contributed by atoms with Crippen molar-refractivity contribution in [3.05, 3.63) is 65.7 Å². The molecule has 4 aliphatic rings. The lowest BCUT2D eigenvalue weighted by Gasteiger charge is -2.34. The number of rotatable bonds is 3. The molecule has 0 aromatic heterocycles. The molecule has 2 bridgehead atoms. The predicted molar refractivity (Wildman–Crippen MR) is 166 cm³/mol. The zero-order valence-electron chi connectivity index (χ0n) is 26.0. The molecule has 0 unspecified atom stereocenters. The number of hydrogen-bond donors (Lipinski definition) is 4. The molecule has 2 aromatic carbocycles. The number of fused-ring (bicyclic) bond motifs is 13. The van der Waals surface area contributed by atoms with Crippen molar-refractivity contribution in [2.24, 2.45) is 0 Å². The van der Waals surface area contributed by atoms with Crippen molar-refractivity contribution in [1.82, 2.24) is 31.1 Å². The largest absolute Gasteiger partial charge is 0.484 e. The minimum Gasteiger partial charge on any atom is -0.484 e. The van der Waals surface area contributed by atoms with E-state index in [1.54, 1.807) is 31.2 Å². The van der Waals surface area contributed by atoms with Crippen molar-refractivity contribution < 1.29 is 33.5 Å². The van der Waals surface area contributed by atoms with Crippen LogP contribution in [-0.4, -0.2) is 102 Å². The number of carbonyl (C=O) groups excluding carboxylic acids is 6. The highest BCUT2D eigenvalue weighted by Crippen LogP contribution is 2.21. The van der Waals surface area contributed by atoms with E-state index in [0.717, 1.165) is 5.56 Å². The number of nitrogens with one attached hydrogen (secondary N) is 4. The summed E-state index contributed by atoms with van der Waals surface area (Å²) in [5.74, 6) is -2.29. The van der Waals surface area contributed by atoms with Crippen LogP contribution in [0, 0.1) is 0 Å². The molecule has 0 aliphatic carbocycles. The maximum Gasteiger partial charge on any atom is 0.258 e. The third-order valence-corrected chi connectivity index (χ3v) is 8.40. The van der Waals surface area contributed by atoms with E-state index >= 15 is 0 Å². The predicted octanol–water partition coefficient (Wildman–Crippen LogP) is -0.324. The van der Waals surface area contributed by atoms with Crippen LogP contribution in [-0.2, 0) is 41.6 Å². The van der Waals surface area contributed by atoms with Gasteiger partial charge in [0, 0.05) is 32.0 Å². The summed E-state index contributed by atoms with van der Waals surface area (Å²) in [4.78, 5) is 82.4. The van der Waals surface area contributed by atoms with Gasteiger partial charge in [0.05, 0.1) is 6.54 Å². The summed E-state index contributed by atoms with van der Waals surface area (Å²) in [6.45, 7) is 3.44. The maximum atomic E-state index is 13.9. The molecule has 0 radical (unpaired) electrons. The van der Waals surface area contributed by atoms with Gasteiger partial charge in [0.15, 0.2) is 6.61 Å². The van der Waals surface area contributed by atoms with Gasteiger partial charge in [0.1, 0.15) is 29.9 Å². The summed E-state index contributed by atoms with van der Waals surface area (Å²) >= 11 is 0. The van der Waals surface area contributed by atoms with Gasteiger partial charge in [-0.2, -0.15) is 0 Å². The van der Waals surface area contributed by atoms with Crippen LogP contribution in [0.3, 0.4) is 0 Å². The maximum absolute atomic E-state index is 13.9. The molecule has 244 valence electrons. The lowest BCUT2D eigenvalue weighted by Crippen LogP contribution is -2.61. The van der Waals surface area contributed by atoms with Crippen LogP contribution in [0.25, 0.3) is 0 Å². The zero-order valence-corrected chi connectivity index (χ0v) is 26.0. The lowest BCUT2D eigenvalue weighted by molar-refractivity contribution is -0.143. The molecular formula is C33H40N6O7. The van der Waals surface area contributed by atoms with E-state index in [1.165, 1.54) is 16.7 Å². The Morgan fingerprint density at radius 3 is 2.33 bits per heavy atom. The van der Waals surface area contributed by atoms with Crippen molar-refractivity contribution in [3.63, 3.8) is 0 Å². The second-order valence-corrected chi connectivity index (χ2v) is 12.1. The van der Waals surface area contributed by atoms with Gasteiger partial charge < -0.3 is 35.8 Å². The Morgan fingerprint density at radius 2 is 1.61 bits per heavy atom. The van der Waals surface area contributed by atoms with Crippen LogP contribution in [0.15, 0.2) is 54.6 Å². The molecule has 2 fully saturated rings. The Kier molecular flexibility index (Phi) is 10.2. The van der Waals surface area contributed by atoms with Gasteiger partial charge >= 0.3 is 0 Å². The summed E-state index contributed by atoms with van der Waals surface area (Å²) < 4.78 is 5.71. The van der Waals surface area contributed by atoms with E-state index in [2.05, 4.69) is 21.3 Å². The highest BCUT2D eigenvalue weighted by Gasteiger charge is 2.39. The minimum absolute atomic E-state index is 0.116. The molecule has 6 amide bonds. The Morgan fingerprint density at radius 1 is 0.870 bits per heavy atom. The summed E-state index contributed by atoms with van der Waals surface area (Å²) in [6.07, 6.45) is 1.31. The first-order valence-electron chi connectivity index (χ1n) is 15.6. The first kappa shape index (κ1) is 32.5. The topological polar surface area (TPSA) is 166 Å². The Labute approximate surface area is 267 Å². The molecule has 2 aromatic rings. The standard InChI is InChI=1S/C33H40N6O7/c1-20-17-38(18-28(40)34-20)32(44)25-16-23-10-12-24(13-11-23)46-19-29(41)36-26(15-22-7-4-3-5-8-22)33(45)39-14-6-9-27(39)31(43)35-21(2)30(42)37-25/h3-5,7-8,10-13,20-21,25-27H,6,9,14-19H2,1-2H3,(H,34,40)(H,35,43)(H,36,41)(H,37,42)/t20-,21+,25+,26-,27-/m1/s1. The van der Waals surface area contributed by atoms with Crippen molar-refractivity contribution in [3.8, 4) is 5.75 Å². The molecule has 2 saturated heterocycles. The third kappa shape index (κ3) is 8.01. The molecule has 4 aliphatic heterocycles. The van der Waals surface area contributed by atoms with Crippen LogP contribution in [0.1, 0.15) is 37.8 Å². The molecule has 13 nitrogen and oxygen atoms in total. The minimum atomic E-state index is -1.03. The molecule has 4 heterocycles. The number of benzene rings is 2. The van der Waals surface area contributed by atoms with Gasteiger partial charge in [-0.15, -0.1) is 0 Å². The fourth-order valence-corrected chi connectivity index (χ4v) is 6.09. The van der Waals surface area contributed by atoms with Crippen molar-refractivity contribution >= 4 is 35.4 Å². The lowest BCUT2D eigenvalue weighted by atomic mass is 10.0. The first-order chi connectivity index (χ1) is 22.1. The highest BCUT2D eigenvalue weighted by atomic mass is 16.5. The van der Waals surface area contributed by atoms with E-state index < -0.39 is 53.7 Å². The average Bonchev–Trinajstić information content (AvgIpc) is 3.53. The van der Waals surface area contributed by atoms with Crippen LogP contribution in [0.4, 0.5) is 0 Å². The van der Waals surface area contributed by atoms with Gasteiger partial charge in [0.25, 0.3) is 5.91 Å². The smallest absolute Gasteiger partial charge is 0.258 e. The summed E-state index contributed by atoms with van der Waals surface area (Å²) in [7, 11) is 0. The third-order valence-electron chi connectivity index (χ3n) is 8.40. The van der Waals surface area contributed by atoms with E-state index in [1.807, 2.05) is 30.3 Å². The van der Waals surface area contributed by atoms with Gasteiger partial charge in [-0.1, -0.05) is 42.5 Å². The van der Waals surface area contributed by atoms with Gasteiger partial charge in [-0.25, -0.2) is 0 Å². The van der Waals surface area contributed by atoms with E-state index in [9.17, 15) is 28.8 Å². The summed E-state index contributed by atoms with van der Waals surface area (Å²) in [5.41, 5.74) is 1.54. The van der Waals surface area contributed by atoms with Crippen LogP contribution in [0.2, 0.25) is 0 Å². The molecule has 6 rings (SSSR count). The Balaban J connectivity index is 1.40. The molecule has 0 spiro atoms. The molecule has 46 heavy (non-hydrogen) atoms. The number of carbonyl (C=O) groups is 6. The monoisotopic (exact) mass is 632 g/mol. The highest BCUT2D eigenvalue weighted by molar-refractivity contribution is 5.96. The summed E-state index contributed by atoms with van der Waals surface area (Å²) in [6, 6.07) is 12.0. The number of hydrogen-bond acceptors (Lipinski definition) is 7. The second kappa shape index (κ2) is 14.4. The molecule has 4 N–H and O–H groups in total. The van der Waals surface area contributed by atoms with Crippen LogP contribution < -0.4 is 26.0 Å². The zero-order chi connectivity index (χ0) is 32.8. The Bertz CT molecular complexity index is 1470. The molecule has 5 atom stereocenters. The molecule has 13 heteroatoms. The average molecular weight is 633 g/mol. The molecule has 0 saturated carbocycles. The van der Waals surface area contributed by atoms with Crippen molar-refractivity contribution in [2.45, 2.75) is 69.7 Å². The van der Waals surface area contributed by atoms with E-state index in [4.69, 9.17) is 4.74 Å².